The zero-order valence-electron chi connectivity index (χ0n) is 13.8. The van der Waals surface area contributed by atoms with Gasteiger partial charge in [0.1, 0.15) is 5.76 Å². The summed E-state index contributed by atoms with van der Waals surface area (Å²) in [4.78, 5) is 2.57. The van der Waals surface area contributed by atoms with Gasteiger partial charge in [-0.05, 0) is 48.6 Å². The van der Waals surface area contributed by atoms with Crippen LogP contribution in [0.3, 0.4) is 0 Å². The number of benzene rings is 1. The van der Waals surface area contributed by atoms with Gasteiger partial charge >= 0.3 is 0 Å². The van der Waals surface area contributed by atoms with E-state index in [1.54, 1.807) is 0 Å². The highest BCUT2D eigenvalue weighted by Gasteiger charge is 2.21. The van der Waals surface area contributed by atoms with Crippen LogP contribution in [-0.4, -0.2) is 11.4 Å². The van der Waals surface area contributed by atoms with Crippen molar-refractivity contribution in [2.24, 2.45) is 5.92 Å². The standard InChI is InChI=1S/C20H27NO/c1-16(2)9-10-17(20-8-5-13-22-20)11-12-21-14-18-6-3-4-7-19(18)15-21/h3-8,13,16-17H,9-12,14-15H2,1-2H3. The van der Waals surface area contributed by atoms with Gasteiger partial charge in [-0.2, -0.15) is 0 Å². The van der Waals surface area contributed by atoms with Crippen molar-refractivity contribution in [3.05, 3.63) is 59.5 Å². The maximum Gasteiger partial charge on any atom is 0.106 e. The van der Waals surface area contributed by atoms with Crippen molar-refractivity contribution < 1.29 is 4.42 Å². The van der Waals surface area contributed by atoms with Crippen molar-refractivity contribution in [2.75, 3.05) is 6.54 Å². The molecule has 0 spiro atoms. The summed E-state index contributed by atoms with van der Waals surface area (Å²) in [5, 5.41) is 0. The summed E-state index contributed by atoms with van der Waals surface area (Å²) in [6.45, 7) is 7.96. The monoisotopic (exact) mass is 297 g/mol. The van der Waals surface area contributed by atoms with Gasteiger partial charge < -0.3 is 4.42 Å². The smallest absolute Gasteiger partial charge is 0.106 e. The van der Waals surface area contributed by atoms with Gasteiger partial charge in [0.2, 0.25) is 0 Å². The van der Waals surface area contributed by atoms with Crippen molar-refractivity contribution >= 4 is 0 Å². The first-order valence-corrected chi connectivity index (χ1v) is 8.55. The van der Waals surface area contributed by atoms with Crippen LogP contribution in [0.1, 0.15) is 55.9 Å². The lowest BCUT2D eigenvalue weighted by Crippen LogP contribution is -2.20. The van der Waals surface area contributed by atoms with Crippen LogP contribution in [0, 0.1) is 5.92 Å². The van der Waals surface area contributed by atoms with E-state index in [-0.39, 0.29) is 0 Å². The molecule has 118 valence electrons. The molecular formula is C20H27NO. The highest BCUT2D eigenvalue weighted by molar-refractivity contribution is 5.30. The van der Waals surface area contributed by atoms with E-state index in [9.17, 15) is 0 Å². The number of rotatable bonds is 7. The van der Waals surface area contributed by atoms with Crippen molar-refractivity contribution in [1.29, 1.82) is 0 Å². The summed E-state index contributed by atoms with van der Waals surface area (Å²) < 4.78 is 5.69. The first kappa shape index (κ1) is 15.4. The topological polar surface area (TPSA) is 16.4 Å². The Kier molecular flexibility index (Phi) is 4.99. The van der Waals surface area contributed by atoms with E-state index in [2.05, 4.69) is 49.1 Å². The van der Waals surface area contributed by atoms with Gasteiger partial charge in [-0.3, -0.25) is 4.90 Å². The van der Waals surface area contributed by atoms with Gasteiger partial charge in [0, 0.05) is 19.0 Å². The highest BCUT2D eigenvalue weighted by Crippen LogP contribution is 2.29. The quantitative estimate of drug-likeness (QED) is 0.698. The number of nitrogens with zero attached hydrogens (tertiary/aromatic N) is 1. The highest BCUT2D eigenvalue weighted by atomic mass is 16.3. The summed E-state index contributed by atoms with van der Waals surface area (Å²) in [6.07, 6.45) is 5.50. The van der Waals surface area contributed by atoms with Gasteiger partial charge in [0.25, 0.3) is 0 Å². The summed E-state index contributed by atoms with van der Waals surface area (Å²) in [7, 11) is 0. The lowest BCUT2D eigenvalue weighted by atomic mass is 9.93. The molecule has 0 amide bonds. The predicted molar refractivity (Wildman–Crippen MR) is 90.7 cm³/mol. The zero-order chi connectivity index (χ0) is 15.4. The molecule has 2 heteroatoms. The average molecular weight is 297 g/mol. The van der Waals surface area contributed by atoms with E-state index >= 15 is 0 Å². The normalized spacial score (nSPS) is 16.1. The Balaban J connectivity index is 1.56. The van der Waals surface area contributed by atoms with Crippen LogP contribution in [-0.2, 0) is 13.1 Å². The Morgan fingerprint density at radius 3 is 2.27 bits per heavy atom. The molecule has 3 rings (SSSR count). The molecule has 1 aromatic heterocycles. The van der Waals surface area contributed by atoms with Crippen LogP contribution < -0.4 is 0 Å². The summed E-state index contributed by atoms with van der Waals surface area (Å²) in [5.74, 6) is 2.48. The molecule has 2 nitrogen and oxygen atoms in total. The van der Waals surface area contributed by atoms with E-state index in [0.29, 0.717) is 5.92 Å². The minimum absolute atomic E-state index is 0.557. The van der Waals surface area contributed by atoms with Gasteiger partial charge in [0.05, 0.1) is 6.26 Å². The Labute approximate surface area is 134 Å². The third-order valence-electron chi connectivity index (χ3n) is 4.74. The van der Waals surface area contributed by atoms with Crippen molar-refractivity contribution in [3.63, 3.8) is 0 Å². The van der Waals surface area contributed by atoms with Crippen molar-refractivity contribution in [2.45, 2.75) is 52.1 Å². The second-order valence-electron chi connectivity index (χ2n) is 6.95. The molecule has 0 saturated carbocycles. The van der Waals surface area contributed by atoms with Crippen LogP contribution in [0.5, 0.6) is 0 Å². The molecule has 1 aromatic carbocycles. The second kappa shape index (κ2) is 7.15. The number of fused-ring (bicyclic) bond motifs is 1. The van der Waals surface area contributed by atoms with Gasteiger partial charge in [-0.15, -0.1) is 0 Å². The van der Waals surface area contributed by atoms with Crippen LogP contribution in [0.25, 0.3) is 0 Å². The third kappa shape index (κ3) is 3.80. The summed E-state index contributed by atoms with van der Waals surface area (Å²) in [6, 6.07) is 13.0. The Bertz CT molecular complexity index is 548. The number of furan rings is 1. The van der Waals surface area contributed by atoms with Crippen LogP contribution in [0.4, 0.5) is 0 Å². The van der Waals surface area contributed by atoms with Gasteiger partial charge in [-0.25, -0.2) is 0 Å². The maximum atomic E-state index is 5.69. The van der Waals surface area contributed by atoms with Crippen LogP contribution in [0.2, 0.25) is 0 Å². The lowest BCUT2D eigenvalue weighted by Gasteiger charge is -2.20. The SMILES string of the molecule is CC(C)CCC(CCN1Cc2ccccc2C1)c1ccco1. The molecule has 1 aliphatic heterocycles. The molecule has 1 aliphatic rings. The fourth-order valence-electron chi connectivity index (χ4n) is 3.39. The molecule has 0 saturated heterocycles. The molecule has 0 radical (unpaired) electrons. The average Bonchev–Trinajstić information content (AvgIpc) is 3.15. The van der Waals surface area contributed by atoms with Gasteiger partial charge in [0.15, 0.2) is 0 Å². The molecule has 1 unspecified atom stereocenters. The van der Waals surface area contributed by atoms with Crippen LogP contribution in [0.15, 0.2) is 47.1 Å². The summed E-state index contributed by atoms with van der Waals surface area (Å²) >= 11 is 0. The first-order valence-electron chi connectivity index (χ1n) is 8.55. The minimum atomic E-state index is 0.557. The molecule has 0 aliphatic carbocycles. The molecular weight excluding hydrogens is 270 g/mol. The third-order valence-corrected chi connectivity index (χ3v) is 4.74. The Morgan fingerprint density at radius 1 is 0.955 bits per heavy atom. The zero-order valence-corrected chi connectivity index (χ0v) is 13.8. The minimum Gasteiger partial charge on any atom is -0.469 e. The molecule has 2 heterocycles. The van der Waals surface area contributed by atoms with E-state index in [4.69, 9.17) is 4.42 Å². The van der Waals surface area contributed by atoms with E-state index in [1.165, 1.54) is 30.4 Å². The predicted octanol–water partition coefficient (Wildman–Crippen LogP) is 5.21. The molecule has 1 atom stereocenters. The van der Waals surface area contributed by atoms with E-state index in [0.717, 1.165) is 31.3 Å². The van der Waals surface area contributed by atoms with Gasteiger partial charge in [-0.1, -0.05) is 44.5 Å². The molecule has 22 heavy (non-hydrogen) atoms. The molecule has 0 fully saturated rings. The molecule has 2 aromatic rings. The number of hydrogen-bond acceptors (Lipinski definition) is 2. The molecule has 0 bridgehead atoms. The van der Waals surface area contributed by atoms with E-state index < -0.39 is 0 Å². The van der Waals surface area contributed by atoms with Crippen LogP contribution >= 0.6 is 0 Å². The Hall–Kier alpha value is -1.54. The fourth-order valence-corrected chi connectivity index (χ4v) is 3.39. The first-order chi connectivity index (χ1) is 10.7. The van der Waals surface area contributed by atoms with Crippen molar-refractivity contribution in [3.8, 4) is 0 Å². The van der Waals surface area contributed by atoms with E-state index in [1.807, 2.05) is 12.3 Å². The maximum absolute atomic E-state index is 5.69. The number of hydrogen-bond donors (Lipinski definition) is 0. The largest absolute Gasteiger partial charge is 0.469 e. The fraction of sp³-hybridized carbons (Fsp3) is 0.500. The van der Waals surface area contributed by atoms with Crippen molar-refractivity contribution in [1.82, 2.24) is 4.90 Å². The molecule has 0 N–H and O–H groups in total. The second-order valence-corrected chi connectivity index (χ2v) is 6.95. The Morgan fingerprint density at radius 2 is 1.68 bits per heavy atom. The lowest BCUT2D eigenvalue weighted by molar-refractivity contribution is 0.260. The summed E-state index contributed by atoms with van der Waals surface area (Å²) in [5.41, 5.74) is 3.00.